The van der Waals surface area contributed by atoms with E-state index in [9.17, 15) is 9.59 Å². The summed E-state index contributed by atoms with van der Waals surface area (Å²) in [7, 11) is 0. The van der Waals surface area contributed by atoms with Crippen LogP contribution in [0.5, 0.6) is 0 Å². The molecule has 1 N–H and O–H groups in total. The number of likely N-dealkylation sites (tertiary alicyclic amines) is 1. The number of carbonyl (C=O) groups excluding carboxylic acids is 2. The molecule has 8 nitrogen and oxygen atoms in total. The maximum atomic E-state index is 12.7. The standard InChI is InChI=1S/C26H29N5O3S/c32-23(30-15-5-2-6-16-30)18-35-26-29-28-24(31(26)21-8-3-1-4-9-21)19-11-13-20(14-12-19)27-25(33)22-10-7-17-34-22/h1,3-4,8-9,11-14,22H,2,5-7,10,15-18H2,(H,27,33)/t22-/m1/s1. The zero-order chi connectivity index (χ0) is 24.0. The van der Waals surface area contributed by atoms with Gasteiger partial charge in [0, 0.05) is 36.6 Å². The summed E-state index contributed by atoms with van der Waals surface area (Å²) in [5.74, 6) is 1.05. The summed E-state index contributed by atoms with van der Waals surface area (Å²) in [6.45, 7) is 2.31. The van der Waals surface area contributed by atoms with Crippen LogP contribution in [0.1, 0.15) is 32.1 Å². The first-order chi connectivity index (χ1) is 17.2. The van der Waals surface area contributed by atoms with Crippen LogP contribution in [-0.4, -0.2) is 63.0 Å². The van der Waals surface area contributed by atoms with Crippen molar-refractivity contribution in [3.8, 4) is 17.1 Å². The monoisotopic (exact) mass is 491 g/mol. The molecule has 2 fully saturated rings. The highest BCUT2D eigenvalue weighted by Gasteiger charge is 2.24. The molecule has 182 valence electrons. The van der Waals surface area contributed by atoms with Crippen LogP contribution in [-0.2, 0) is 14.3 Å². The molecule has 2 aromatic carbocycles. The van der Waals surface area contributed by atoms with Crippen molar-refractivity contribution in [2.45, 2.75) is 43.4 Å². The summed E-state index contributed by atoms with van der Waals surface area (Å²) >= 11 is 1.41. The number of thioether (sulfide) groups is 1. The van der Waals surface area contributed by atoms with Gasteiger partial charge in [-0.3, -0.25) is 14.2 Å². The SMILES string of the molecule is O=C(Nc1ccc(-c2nnc(SCC(=O)N3CCCCC3)n2-c2ccccc2)cc1)[C@H]1CCCO1. The van der Waals surface area contributed by atoms with Gasteiger partial charge >= 0.3 is 0 Å². The minimum absolute atomic E-state index is 0.111. The highest BCUT2D eigenvalue weighted by atomic mass is 32.2. The number of hydrogen-bond donors (Lipinski definition) is 1. The van der Waals surface area contributed by atoms with Gasteiger partial charge in [0.15, 0.2) is 11.0 Å². The Morgan fingerprint density at radius 2 is 1.74 bits per heavy atom. The van der Waals surface area contributed by atoms with E-state index in [1.807, 2.05) is 64.1 Å². The zero-order valence-corrected chi connectivity index (χ0v) is 20.4. The minimum atomic E-state index is -0.372. The molecule has 2 aliphatic rings. The van der Waals surface area contributed by atoms with Crippen LogP contribution in [0.15, 0.2) is 59.8 Å². The van der Waals surface area contributed by atoms with Gasteiger partial charge in [0.1, 0.15) is 6.10 Å². The van der Waals surface area contributed by atoms with Gasteiger partial charge in [0.2, 0.25) is 5.91 Å². The molecule has 35 heavy (non-hydrogen) atoms. The Balaban J connectivity index is 1.35. The number of nitrogens with zero attached hydrogens (tertiary/aromatic N) is 4. The Morgan fingerprint density at radius 1 is 0.971 bits per heavy atom. The molecule has 2 amide bonds. The van der Waals surface area contributed by atoms with Crippen molar-refractivity contribution < 1.29 is 14.3 Å². The summed E-state index contributed by atoms with van der Waals surface area (Å²) in [5, 5.41) is 12.5. The molecule has 9 heteroatoms. The van der Waals surface area contributed by atoms with Gasteiger partial charge in [0.05, 0.1) is 5.75 Å². The summed E-state index contributed by atoms with van der Waals surface area (Å²) in [6.07, 6.45) is 4.64. The van der Waals surface area contributed by atoms with Gasteiger partial charge < -0.3 is 15.0 Å². The number of hydrogen-bond acceptors (Lipinski definition) is 6. The summed E-state index contributed by atoms with van der Waals surface area (Å²) in [4.78, 5) is 27.0. The zero-order valence-electron chi connectivity index (χ0n) is 19.6. The smallest absolute Gasteiger partial charge is 0.253 e. The first kappa shape index (κ1) is 23.6. The molecule has 2 aliphatic heterocycles. The largest absolute Gasteiger partial charge is 0.368 e. The Bertz CT molecular complexity index is 1150. The Kier molecular flexibility index (Phi) is 7.44. The number of ether oxygens (including phenoxy) is 1. The normalized spacial score (nSPS) is 17.9. The van der Waals surface area contributed by atoms with E-state index in [4.69, 9.17) is 4.74 Å². The Hall–Kier alpha value is -3.17. The van der Waals surface area contributed by atoms with Gasteiger partial charge in [-0.25, -0.2) is 0 Å². The van der Waals surface area contributed by atoms with E-state index >= 15 is 0 Å². The predicted molar refractivity (Wildman–Crippen MR) is 136 cm³/mol. The lowest BCUT2D eigenvalue weighted by atomic mass is 10.1. The van der Waals surface area contributed by atoms with Gasteiger partial charge in [-0.2, -0.15) is 0 Å². The molecule has 3 heterocycles. The second kappa shape index (κ2) is 11.0. The van der Waals surface area contributed by atoms with Crippen molar-refractivity contribution in [1.82, 2.24) is 19.7 Å². The molecule has 2 saturated heterocycles. The molecule has 0 aliphatic carbocycles. The summed E-state index contributed by atoms with van der Waals surface area (Å²) < 4.78 is 7.44. The Morgan fingerprint density at radius 3 is 2.46 bits per heavy atom. The van der Waals surface area contributed by atoms with Crippen LogP contribution in [0.3, 0.4) is 0 Å². The fourth-order valence-corrected chi connectivity index (χ4v) is 5.29. The molecule has 0 spiro atoms. The van der Waals surface area contributed by atoms with Crippen LogP contribution >= 0.6 is 11.8 Å². The van der Waals surface area contributed by atoms with E-state index in [0.717, 1.165) is 50.0 Å². The first-order valence-electron chi connectivity index (χ1n) is 12.1. The molecule has 3 aromatic rings. The number of rotatable bonds is 7. The fourth-order valence-electron chi connectivity index (χ4n) is 4.43. The molecular weight excluding hydrogens is 462 g/mol. The van der Waals surface area contributed by atoms with Crippen molar-refractivity contribution in [2.24, 2.45) is 0 Å². The lowest BCUT2D eigenvalue weighted by Gasteiger charge is -2.26. The van der Waals surface area contributed by atoms with Crippen molar-refractivity contribution in [3.63, 3.8) is 0 Å². The number of anilines is 1. The topological polar surface area (TPSA) is 89.4 Å². The molecule has 1 atom stereocenters. The van der Waals surface area contributed by atoms with Crippen molar-refractivity contribution in [1.29, 1.82) is 0 Å². The van der Waals surface area contributed by atoms with E-state index < -0.39 is 0 Å². The van der Waals surface area contributed by atoms with E-state index in [0.29, 0.717) is 29.0 Å². The second-order valence-electron chi connectivity index (χ2n) is 8.78. The number of amides is 2. The third-order valence-electron chi connectivity index (χ3n) is 6.31. The number of aromatic nitrogens is 3. The van der Waals surface area contributed by atoms with E-state index in [1.54, 1.807) is 0 Å². The molecule has 0 saturated carbocycles. The number of benzene rings is 2. The van der Waals surface area contributed by atoms with Gasteiger partial charge in [-0.1, -0.05) is 30.0 Å². The number of nitrogens with one attached hydrogen (secondary N) is 1. The molecule has 0 bridgehead atoms. The maximum Gasteiger partial charge on any atom is 0.253 e. The second-order valence-corrected chi connectivity index (χ2v) is 9.72. The minimum Gasteiger partial charge on any atom is -0.368 e. The van der Waals surface area contributed by atoms with Crippen LogP contribution < -0.4 is 5.32 Å². The highest BCUT2D eigenvalue weighted by Crippen LogP contribution is 2.29. The summed E-state index contributed by atoms with van der Waals surface area (Å²) in [5.41, 5.74) is 2.50. The van der Waals surface area contributed by atoms with Crippen LogP contribution in [0, 0.1) is 0 Å². The fraction of sp³-hybridized carbons (Fsp3) is 0.385. The number of para-hydroxylation sites is 1. The average Bonchev–Trinajstić information content (AvgIpc) is 3.59. The average molecular weight is 492 g/mol. The third-order valence-corrected chi connectivity index (χ3v) is 7.23. The van der Waals surface area contributed by atoms with E-state index in [1.165, 1.54) is 18.2 Å². The Labute approximate surface area is 209 Å². The molecule has 1 aromatic heterocycles. The lowest BCUT2D eigenvalue weighted by molar-refractivity contribution is -0.129. The van der Waals surface area contributed by atoms with E-state index in [2.05, 4.69) is 15.5 Å². The van der Waals surface area contributed by atoms with Gasteiger partial charge in [-0.15, -0.1) is 10.2 Å². The quantitative estimate of drug-likeness (QED) is 0.500. The molecule has 0 unspecified atom stereocenters. The van der Waals surface area contributed by atoms with Crippen molar-refractivity contribution >= 4 is 29.3 Å². The van der Waals surface area contributed by atoms with Crippen LogP contribution in [0.25, 0.3) is 17.1 Å². The van der Waals surface area contributed by atoms with Crippen LogP contribution in [0.4, 0.5) is 5.69 Å². The molecule has 0 radical (unpaired) electrons. The molecule has 5 rings (SSSR count). The van der Waals surface area contributed by atoms with Crippen molar-refractivity contribution in [3.05, 3.63) is 54.6 Å². The third kappa shape index (κ3) is 5.57. The molecular formula is C26H29N5O3S. The van der Waals surface area contributed by atoms with E-state index in [-0.39, 0.29) is 17.9 Å². The number of piperidine rings is 1. The highest BCUT2D eigenvalue weighted by molar-refractivity contribution is 7.99. The van der Waals surface area contributed by atoms with Gasteiger partial charge in [-0.05, 0) is 68.5 Å². The predicted octanol–water partition coefficient (Wildman–Crippen LogP) is 4.16. The van der Waals surface area contributed by atoms with Crippen LogP contribution in [0.2, 0.25) is 0 Å². The lowest BCUT2D eigenvalue weighted by Crippen LogP contribution is -2.36. The number of carbonyl (C=O) groups is 2. The first-order valence-corrected chi connectivity index (χ1v) is 13.1. The maximum absolute atomic E-state index is 12.7. The van der Waals surface area contributed by atoms with Gasteiger partial charge in [0.25, 0.3) is 5.91 Å². The van der Waals surface area contributed by atoms with Crippen molar-refractivity contribution in [2.75, 3.05) is 30.8 Å². The summed E-state index contributed by atoms with van der Waals surface area (Å²) in [6, 6.07) is 17.5.